The van der Waals surface area contributed by atoms with Crippen LogP contribution in [0.5, 0.6) is 0 Å². The zero-order valence-electron chi connectivity index (χ0n) is 16.4. The van der Waals surface area contributed by atoms with E-state index in [0.29, 0.717) is 18.7 Å². The number of nitrogens with zero attached hydrogens (tertiary/aromatic N) is 1. The fourth-order valence-corrected chi connectivity index (χ4v) is 3.74. The van der Waals surface area contributed by atoms with Crippen LogP contribution >= 0.6 is 0 Å². The number of benzene rings is 1. The summed E-state index contributed by atoms with van der Waals surface area (Å²) in [6.45, 7) is 3.19. The Morgan fingerprint density at radius 2 is 2.04 bits per heavy atom. The average Bonchev–Trinajstić information content (AvgIpc) is 3.23. The smallest absolute Gasteiger partial charge is 0.244 e. The van der Waals surface area contributed by atoms with Gasteiger partial charge < -0.3 is 14.6 Å². The number of nitrogens with one attached hydrogen (secondary N) is 1. The molecule has 1 heterocycles. The van der Waals surface area contributed by atoms with E-state index in [4.69, 9.17) is 4.42 Å². The van der Waals surface area contributed by atoms with Crippen LogP contribution in [0, 0.1) is 0 Å². The fraction of sp³-hybridized carbons (Fsp3) is 0.391. The first-order valence-electron chi connectivity index (χ1n) is 10.0. The number of fused-ring (bicyclic) bond motifs is 1. The van der Waals surface area contributed by atoms with Gasteiger partial charge in [-0.1, -0.05) is 31.2 Å². The standard InChI is InChI=1S/C23H28N2O3/c1-2-15-25(20-10-9-18-6-3-4-7-19(18)17-20)23(27)13-14-24-22(26)12-11-21-8-5-16-28-21/h3-8,11-12,16,20H,2,9-10,13-15,17H2,1H3,(H,24,26)/b12-11+. The molecule has 1 unspecified atom stereocenters. The maximum absolute atomic E-state index is 12.8. The Balaban J connectivity index is 1.50. The number of hydrogen-bond acceptors (Lipinski definition) is 3. The van der Waals surface area contributed by atoms with Crippen LogP contribution in [0.1, 0.15) is 43.1 Å². The summed E-state index contributed by atoms with van der Waals surface area (Å²) in [5.74, 6) is 0.511. The third-order valence-corrected chi connectivity index (χ3v) is 5.13. The summed E-state index contributed by atoms with van der Waals surface area (Å²) in [6, 6.07) is 12.3. The second-order valence-electron chi connectivity index (χ2n) is 7.14. The van der Waals surface area contributed by atoms with E-state index in [1.807, 2.05) is 4.90 Å². The zero-order chi connectivity index (χ0) is 19.8. The summed E-state index contributed by atoms with van der Waals surface area (Å²) in [5, 5.41) is 2.78. The molecule has 0 fully saturated rings. The Hall–Kier alpha value is -2.82. The molecule has 0 saturated heterocycles. The highest BCUT2D eigenvalue weighted by Gasteiger charge is 2.26. The largest absolute Gasteiger partial charge is 0.465 e. The molecular weight excluding hydrogens is 352 g/mol. The molecule has 2 amide bonds. The van der Waals surface area contributed by atoms with Crippen molar-refractivity contribution in [2.45, 2.75) is 45.1 Å². The van der Waals surface area contributed by atoms with Crippen LogP contribution in [0.3, 0.4) is 0 Å². The quantitative estimate of drug-likeness (QED) is 0.712. The van der Waals surface area contributed by atoms with Crippen molar-refractivity contribution in [3.63, 3.8) is 0 Å². The van der Waals surface area contributed by atoms with Crippen LogP contribution in [0.4, 0.5) is 0 Å². The number of furan rings is 1. The predicted molar refractivity (Wildman–Crippen MR) is 110 cm³/mol. The van der Waals surface area contributed by atoms with E-state index in [1.165, 1.54) is 17.2 Å². The van der Waals surface area contributed by atoms with E-state index >= 15 is 0 Å². The second kappa shape index (κ2) is 9.93. The van der Waals surface area contributed by atoms with Crippen LogP contribution in [0.15, 0.2) is 53.2 Å². The van der Waals surface area contributed by atoms with Crippen LogP contribution in [0.2, 0.25) is 0 Å². The lowest BCUT2D eigenvalue weighted by Crippen LogP contribution is -2.44. The first-order valence-corrected chi connectivity index (χ1v) is 10.0. The van der Waals surface area contributed by atoms with Crippen LogP contribution in [0.25, 0.3) is 6.08 Å². The Bertz CT molecular complexity index is 811. The number of carbonyl (C=O) groups is 2. The molecule has 148 valence electrons. The molecule has 1 aliphatic carbocycles. The van der Waals surface area contributed by atoms with E-state index in [2.05, 4.69) is 36.5 Å². The van der Waals surface area contributed by atoms with E-state index in [9.17, 15) is 9.59 Å². The van der Waals surface area contributed by atoms with Gasteiger partial charge in [0.2, 0.25) is 11.8 Å². The van der Waals surface area contributed by atoms with Crippen LogP contribution in [-0.4, -0.2) is 35.8 Å². The predicted octanol–water partition coefficient (Wildman–Crippen LogP) is 3.60. The molecule has 1 aromatic carbocycles. The second-order valence-corrected chi connectivity index (χ2v) is 7.14. The highest BCUT2D eigenvalue weighted by Crippen LogP contribution is 2.25. The SMILES string of the molecule is CCCN(C(=O)CCNC(=O)/C=C/c1ccco1)C1CCc2ccccc2C1. The van der Waals surface area contributed by atoms with Gasteiger partial charge in [0.1, 0.15) is 5.76 Å². The lowest BCUT2D eigenvalue weighted by atomic mass is 9.87. The van der Waals surface area contributed by atoms with Gasteiger partial charge >= 0.3 is 0 Å². The van der Waals surface area contributed by atoms with E-state index in [-0.39, 0.29) is 17.9 Å². The molecule has 1 aliphatic rings. The zero-order valence-corrected chi connectivity index (χ0v) is 16.4. The maximum atomic E-state index is 12.8. The van der Waals surface area contributed by atoms with E-state index < -0.39 is 0 Å². The van der Waals surface area contributed by atoms with Crippen molar-refractivity contribution in [2.24, 2.45) is 0 Å². The summed E-state index contributed by atoms with van der Waals surface area (Å²) in [5.41, 5.74) is 2.75. The number of rotatable bonds is 8. The minimum atomic E-state index is -0.224. The fourth-order valence-electron chi connectivity index (χ4n) is 3.74. The van der Waals surface area contributed by atoms with Crippen molar-refractivity contribution in [1.29, 1.82) is 0 Å². The Kier molecular flexibility index (Phi) is 7.06. The Morgan fingerprint density at radius 3 is 2.79 bits per heavy atom. The topological polar surface area (TPSA) is 62.6 Å². The summed E-state index contributed by atoms with van der Waals surface area (Å²) in [7, 11) is 0. The average molecular weight is 380 g/mol. The molecular formula is C23H28N2O3. The molecule has 2 aromatic rings. The number of aryl methyl sites for hydroxylation is 1. The minimum absolute atomic E-state index is 0.113. The molecule has 1 aromatic heterocycles. The molecule has 5 heteroatoms. The van der Waals surface area contributed by atoms with Crippen molar-refractivity contribution in [2.75, 3.05) is 13.1 Å². The lowest BCUT2D eigenvalue weighted by Gasteiger charge is -2.35. The third kappa shape index (κ3) is 5.35. The monoisotopic (exact) mass is 380 g/mol. The summed E-state index contributed by atoms with van der Waals surface area (Å²) >= 11 is 0. The number of carbonyl (C=O) groups excluding carboxylic acids is 2. The number of hydrogen-bond donors (Lipinski definition) is 1. The normalized spacial score (nSPS) is 16.0. The van der Waals surface area contributed by atoms with Gasteiger partial charge in [-0.15, -0.1) is 0 Å². The van der Waals surface area contributed by atoms with Crippen LogP contribution < -0.4 is 5.32 Å². The van der Waals surface area contributed by atoms with Crippen molar-refractivity contribution >= 4 is 17.9 Å². The lowest BCUT2D eigenvalue weighted by molar-refractivity contribution is -0.133. The van der Waals surface area contributed by atoms with Gasteiger partial charge in [-0.25, -0.2) is 0 Å². The van der Waals surface area contributed by atoms with Crippen molar-refractivity contribution in [3.8, 4) is 0 Å². The first kappa shape index (κ1) is 19.9. The van der Waals surface area contributed by atoms with Gasteiger partial charge in [0.05, 0.1) is 6.26 Å². The molecule has 0 saturated carbocycles. The molecule has 3 rings (SSSR count). The first-order chi connectivity index (χ1) is 13.7. The third-order valence-electron chi connectivity index (χ3n) is 5.13. The van der Waals surface area contributed by atoms with Gasteiger partial charge in [0.25, 0.3) is 0 Å². The summed E-state index contributed by atoms with van der Waals surface area (Å²) < 4.78 is 5.15. The van der Waals surface area contributed by atoms with Crippen molar-refractivity contribution in [1.82, 2.24) is 10.2 Å². The molecule has 1 atom stereocenters. The summed E-state index contributed by atoms with van der Waals surface area (Å²) in [6.07, 6.45) is 8.78. The summed E-state index contributed by atoms with van der Waals surface area (Å²) in [4.78, 5) is 26.7. The Labute approximate surface area is 166 Å². The van der Waals surface area contributed by atoms with Crippen molar-refractivity contribution < 1.29 is 14.0 Å². The molecule has 0 bridgehead atoms. The van der Waals surface area contributed by atoms with Gasteiger partial charge in [-0.2, -0.15) is 0 Å². The van der Waals surface area contributed by atoms with Gasteiger partial charge in [-0.3, -0.25) is 9.59 Å². The molecule has 0 radical (unpaired) electrons. The maximum Gasteiger partial charge on any atom is 0.244 e. The van der Waals surface area contributed by atoms with Gasteiger partial charge in [0, 0.05) is 31.6 Å². The number of amides is 2. The molecule has 0 spiro atoms. The Morgan fingerprint density at radius 1 is 1.21 bits per heavy atom. The molecule has 5 nitrogen and oxygen atoms in total. The molecule has 1 N–H and O–H groups in total. The van der Waals surface area contributed by atoms with E-state index in [1.54, 1.807) is 24.5 Å². The molecule has 28 heavy (non-hydrogen) atoms. The van der Waals surface area contributed by atoms with Gasteiger partial charge in [0.15, 0.2) is 0 Å². The highest BCUT2D eigenvalue weighted by atomic mass is 16.3. The molecule has 0 aliphatic heterocycles. The highest BCUT2D eigenvalue weighted by molar-refractivity contribution is 5.91. The van der Waals surface area contributed by atoms with Gasteiger partial charge in [-0.05, 0) is 55.0 Å². The van der Waals surface area contributed by atoms with E-state index in [0.717, 1.165) is 32.2 Å². The van der Waals surface area contributed by atoms with Crippen molar-refractivity contribution in [3.05, 3.63) is 65.6 Å². The van der Waals surface area contributed by atoms with Crippen LogP contribution in [-0.2, 0) is 22.4 Å². The minimum Gasteiger partial charge on any atom is -0.465 e.